The van der Waals surface area contributed by atoms with Gasteiger partial charge in [-0.25, -0.2) is 0 Å². The molecule has 0 aromatic rings. The van der Waals surface area contributed by atoms with Gasteiger partial charge in [0, 0.05) is 19.3 Å². The summed E-state index contributed by atoms with van der Waals surface area (Å²) in [6.07, 6.45) is 95.1. The van der Waals surface area contributed by atoms with Crippen LogP contribution in [0.1, 0.15) is 245 Å². The SMILES string of the molecule is CC/C=C\C/C=C\C/C=C\C/C=C\C/C=C\C/C=C\C/C=C\C/C=C\C/C=C\C/C=C\CCCCC(=O)OCC(COC(=O)CCCCCCCCCCCC)OC(=O)CCCCCC/C=C\C/C=C\C/C=C\C/C=C\CC. The second-order valence-electron chi connectivity index (χ2n) is 19.9. The summed E-state index contributed by atoms with van der Waals surface area (Å²) in [4.78, 5) is 38.1. The van der Waals surface area contributed by atoms with Crippen molar-refractivity contribution in [3.05, 3.63) is 170 Å². The molecule has 0 spiro atoms. The van der Waals surface area contributed by atoms with Gasteiger partial charge in [-0.1, -0.05) is 262 Å². The zero-order valence-corrected chi connectivity index (χ0v) is 49.9. The van der Waals surface area contributed by atoms with E-state index < -0.39 is 6.10 Å². The van der Waals surface area contributed by atoms with Crippen molar-refractivity contribution in [2.75, 3.05) is 13.2 Å². The molecule has 0 bridgehead atoms. The van der Waals surface area contributed by atoms with Crippen molar-refractivity contribution in [1.82, 2.24) is 0 Å². The summed E-state index contributed by atoms with van der Waals surface area (Å²) >= 11 is 0. The molecule has 0 saturated heterocycles. The van der Waals surface area contributed by atoms with Gasteiger partial charge in [-0.15, -0.1) is 0 Å². The molecule has 1 atom stereocenters. The number of unbranched alkanes of at least 4 members (excludes halogenated alkanes) is 15. The van der Waals surface area contributed by atoms with Crippen LogP contribution in [0.25, 0.3) is 0 Å². The third kappa shape index (κ3) is 61.6. The summed E-state index contributed by atoms with van der Waals surface area (Å²) < 4.78 is 16.8. The van der Waals surface area contributed by atoms with Crippen molar-refractivity contribution in [3.63, 3.8) is 0 Å². The Kier molecular flexibility index (Phi) is 60.0. The van der Waals surface area contributed by atoms with E-state index in [9.17, 15) is 14.4 Å². The predicted molar refractivity (Wildman–Crippen MR) is 338 cm³/mol. The normalized spacial score (nSPS) is 13.3. The Morgan fingerprint density at radius 3 is 0.808 bits per heavy atom. The van der Waals surface area contributed by atoms with Crippen LogP contribution in [-0.2, 0) is 28.6 Å². The second-order valence-corrected chi connectivity index (χ2v) is 19.9. The van der Waals surface area contributed by atoms with Crippen molar-refractivity contribution in [3.8, 4) is 0 Å². The van der Waals surface area contributed by atoms with Crippen LogP contribution in [0.4, 0.5) is 0 Å². The maximum atomic E-state index is 12.8. The molecule has 0 aromatic carbocycles. The highest BCUT2D eigenvalue weighted by Gasteiger charge is 2.19. The monoisotopic (exact) mass is 1070 g/mol. The Morgan fingerprint density at radius 1 is 0.269 bits per heavy atom. The number of allylic oxidation sites excluding steroid dienone is 28. The van der Waals surface area contributed by atoms with E-state index >= 15 is 0 Å². The lowest BCUT2D eigenvalue weighted by atomic mass is 10.1. The summed E-state index contributed by atoms with van der Waals surface area (Å²) in [5, 5.41) is 0. The lowest BCUT2D eigenvalue weighted by molar-refractivity contribution is -0.167. The molecule has 0 amide bonds. The third-order valence-electron chi connectivity index (χ3n) is 12.5. The summed E-state index contributed by atoms with van der Waals surface area (Å²) in [7, 11) is 0. The maximum absolute atomic E-state index is 12.8. The van der Waals surface area contributed by atoms with Crippen LogP contribution in [0.15, 0.2) is 170 Å². The van der Waals surface area contributed by atoms with Crippen LogP contribution in [0, 0.1) is 0 Å². The lowest BCUT2D eigenvalue weighted by Gasteiger charge is -2.18. The van der Waals surface area contributed by atoms with Gasteiger partial charge in [0.25, 0.3) is 0 Å². The number of carbonyl (C=O) groups excluding carboxylic acids is 3. The second kappa shape index (κ2) is 64.3. The molecule has 1 unspecified atom stereocenters. The Labute approximate surface area is 479 Å². The Hall–Kier alpha value is -5.23. The number of ether oxygens (including phenoxy) is 3. The van der Waals surface area contributed by atoms with Gasteiger partial charge in [-0.05, 0) is 135 Å². The maximum Gasteiger partial charge on any atom is 0.306 e. The molecule has 0 aliphatic heterocycles. The molecule has 0 aliphatic carbocycles. The zero-order valence-electron chi connectivity index (χ0n) is 49.9. The van der Waals surface area contributed by atoms with Crippen molar-refractivity contribution in [2.24, 2.45) is 0 Å². The molecular formula is C72H112O6. The standard InChI is InChI=1S/C72H112O6/c1-4-7-10-13-16-19-22-24-26-28-29-30-31-32-33-34-35-36-37-38-39-40-41-42-43-45-46-48-50-53-56-59-62-65-71(74)77-68-69(67-76-70(73)64-61-58-55-52-21-18-15-12-9-6-3)78-72(75)66-63-60-57-54-51-49-47-44-27-25-23-20-17-14-11-8-5-2/h7-8,10-11,16-17,19-20,24-27,29-30,32-33,35-36,38-39,41-42,45-47,49-50,53,69H,4-6,9,12-15,18,21-23,28,31,34,37,40,43-44,48,51-52,54-68H2,1-3H3/b10-7-,11-8-,19-16-,20-17-,26-24-,27-25-,30-29-,33-32-,36-35-,39-38-,42-41-,46-45-,49-47-,53-50-. The van der Waals surface area contributed by atoms with E-state index in [0.717, 1.165) is 154 Å². The van der Waals surface area contributed by atoms with Gasteiger partial charge in [-0.2, -0.15) is 0 Å². The molecule has 0 fully saturated rings. The fraction of sp³-hybridized carbons (Fsp3) is 0.569. The number of hydrogen-bond donors (Lipinski definition) is 0. The molecule has 78 heavy (non-hydrogen) atoms. The quantitative estimate of drug-likeness (QED) is 0.0261. The molecule has 6 heteroatoms. The van der Waals surface area contributed by atoms with Gasteiger partial charge in [0.2, 0.25) is 0 Å². The molecule has 0 N–H and O–H groups in total. The summed E-state index contributed by atoms with van der Waals surface area (Å²) in [5.74, 6) is -0.986. The minimum absolute atomic E-state index is 0.107. The summed E-state index contributed by atoms with van der Waals surface area (Å²) in [6, 6.07) is 0. The van der Waals surface area contributed by atoms with E-state index in [2.05, 4.69) is 191 Å². The predicted octanol–water partition coefficient (Wildman–Crippen LogP) is 21.5. The van der Waals surface area contributed by atoms with Gasteiger partial charge in [0.1, 0.15) is 13.2 Å². The van der Waals surface area contributed by atoms with Crippen molar-refractivity contribution < 1.29 is 28.6 Å². The molecule has 0 saturated carbocycles. The number of hydrogen-bond acceptors (Lipinski definition) is 6. The van der Waals surface area contributed by atoms with Crippen LogP contribution in [0.5, 0.6) is 0 Å². The molecule has 0 radical (unpaired) electrons. The zero-order chi connectivity index (χ0) is 56.4. The fourth-order valence-electron chi connectivity index (χ4n) is 7.87. The molecule has 0 heterocycles. The van der Waals surface area contributed by atoms with Crippen LogP contribution in [0.3, 0.4) is 0 Å². The van der Waals surface area contributed by atoms with Crippen LogP contribution >= 0.6 is 0 Å². The van der Waals surface area contributed by atoms with E-state index in [1.54, 1.807) is 0 Å². The van der Waals surface area contributed by atoms with Crippen LogP contribution in [-0.4, -0.2) is 37.2 Å². The third-order valence-corrected chi connectivity index (χ3v) is 12.5. The van der Waals surface area contributed by atoms with E-state index in [0.29, 0.717) is 12.8 Å². The molecule has 0 aliphatic rings. The van der Waals surface area contributed by atoms with Gasteiger partial charge in [0.15, 0.2) is 6.10 Å². The number of esters is 3. The topological polar surface area (TPSA) is 78.9 Å². The first-order chi connectivity index (χ1) is 38.5. The highest BCUT2D eigenvalue weighted by molar-refractivity contribution is 5.71. The van der Waals surface area contributed by atoms with Gasteiger partial charge >= 0.3 is 17.9 Å². The first-order valence-electron chi connectivity index (χ1n) is 31.1. The van der Waals surface area contributed by atoms with Gasteiger partial charge in [0.05, 0.1) is 0 Å². The Morgan fingerprint density at radius 2 is 0.500 bits per heavy atom. The molecular weight excluding hydrogens is 961 g/mol. The summed E-state index contributed by atoms with van der Waals surface area (Å²) in [6.45, 7) is 6.33. The Bertz CT molecular complexity index is 1810. The average molecular weight is 1070 g/mol. The molecule has 0 rings (SSSR count). The molecule has 436 valence electrons. The average Bonchev–Trinajstić information content (AvgIpc) is 3.44. The van der Waals surface area contributed by atoms with Crippen molar-refractivity contribution >= 4 is 17.9 Å². The smallest absolute Gasteiger partial charge is 0.306 e. The highest BCUT2D eigenvalue weighted by Crippen LogP contribution is 2.13. The largest absolute Gasteiger partial charge is 0.462 e. The highest BCUT2D eigenvalue weighted by atomic mass is 16.6. The van der Waals surface area contributed by atoms with E-state index in [4.69, 9.17) is 14.2 Å². The molecule has 0 aromatic heterocycles. The minimum atomic E-state index is -0.816. The first kappa shape index (κ1) is 72.8. The van der Waals surface area contributed by atoms with E-state index in [-0.39, 0.29) is 44.0 Å². The van der Waals surface area contributed by atoms with E-state index in [1.165, 1.54) is 44.9 Å². The van der Waals surface area contributed by atoms with Gasteiger partial charge in [-0.3, -0.25) is 14.4 Å². The van der Waals surface area contributed by atoms with Crippen molar-refractivity contribution in [2.45, 2.75) is 252 Å². The first-order valence-corrected chi connectivity index (χ1v) is 31.1. The number of carbonyl (C=O) groups is 3. The van der Waals surface area contributed by atoms with Crippen molar-refractivity contribution in [1.29, 1.82) is 0 Å². The minimum Gasteiger partial charge on any atom is -0.462 e. The van der Waals surface area contributed by atoms with Crippen LogP contribution in [0.2, 0.25) is 0 Å². The van der Waals surface area contributed by atoms with Gasteiger partial charge < -0.3 is 14.2 Å². The fourth-order valence-corrected chi connectivity index (χ4v) is 7.87. The molecule has 6 nitrogen and oxygen atoms in total. The Balaban J connectivity index is 4.38. The summed E-state index contributed by atoms with van der Waals surface area (Å²) in [5.41, 5.74) is 0. The van der Waals surface area contributed by atoms with E-state index in [1.807, 2.05) is 0 Å². The lowest BCUT2D eigenvalue weighted by Crippen LogP contribution is -2.30. The van der Waals surface area contributed by atoms with Crippen LogP contribution < -0.4 is 0 Å². The number of rotatable bonds is 54.